The summed E-state index contributed by atoms with van der Waals surface area (Å²) in [5.74, 6) is 1.43. The van der Waals surface area contributed by atoms with Crippen molar-refractivity contribution in [3.05, 3.63) is 16.4 Å². The summed E-state index contributed by atoms with van der Waals surface area (Å²) >= 11 is 3.66. The van der Waals surface area contributed by atoms with Gasteiger partial charge in [-0.1, -0.05) is 0 Å². The van der Waals surface area contributed by atoms with Crippen molar-refractivity contribution in [2.24, 2.45) is 5.92 Å². The Bertz CT molecular complexity index is 430. The van der Waals surface area contributed by atoms with Crippen LogP contribution < -0.4 is 5.32 Å². The highest BCUT2D eigenvalue weighted by Gasteiger charge is 2.36. The van der Waals surface area contributed by atoms with Crippen LogP contribution in [0.4, 0.5) is 0 Å². The van der Waals surface area contributed by atoms with Crippen molar-refractivity contribution >= 4 is 15.9 Å². The van der Waals surface area contributed by atoms with Crippen LogP contribution in [-0.2, 0) is 11.3 Å². The lowest BCUT2D eigenvalue weighted by atomic mass is 9.71. The van der Waals surface area contributed by atoms with Gasteiger partial charge in [-0.05, 0) is 54.1 Å². The molecule has 3 rings (SSSR count). The van der Waals surface area contributed by atoms with E-state index in [1.54, 1.807) is 7.11 Å². The Kier molecular flexibility index (Phi) is 4.24. The molecular formula is C14H22BrN3O. The molecule has 1 heterocycles. The summed E-state index contributed by atoms with van der Waals surface area (Å²) in [6.07, 6.45) is 7.29. The van der Waals surface area contributed by atoms with Crippen molar-refractivity contribution in [1.29, 1.82) is 0 Å². The van der Waals surface area contributed by atoms with Gasteiger partial charge in [0.15, 0.2) is 0 Å². The maximum absolute atomic E-state index is 5.17. The van der Waals surface area contributed by atoms with Gasteiger partial charge in [0.05, 0.1) is 29.5 Å². The molecule has 5 heteroatoms. The number of nitrogens with zero attached hydrogens (tertiary/aromatic N) is 2. The van der Waals surface area contributed by atoms with E-state index in [0.29, 0.717) is 5.92 Å². The van der Waals surface area contributed by atoms with Crippen LogP contribution in [0.25, 0.3) is 0 Å². The minimum absolute atomic E-state index is 0.653. The fourth-order valence-corrected chi connectivity index (χ4v) is 3.47. The van der Waals surface area contributed by atoms with Crippen LogP contribution in [0.3, 0.4) is 0 Å². The van der Waals surface area contributed by atoms with Gasteiger partial charge < -0.3 is 10.1 Å². The van der Waals surface area contributed by atoms with Gasteiger partial charge in [0.2, 0.25) is 0 Å². The third kappa shape index (κ3) is 3.03. The van der Waals surface area contributed by atoms with E-state index in [1.165, 1.54) is 31.4 Å². The average molecular weight is 328 g/mol. The minimum atomic E-state index is 0.653. The van der Waals surface area contributed by atoms with E-state index in [-0.39, 0.29) is 0 Å². The average Bonchev–Trinajstić information content (AvgIpc) is 3.13. The number of hydrogen-bond donors (Lipinski definition) is 1. The molecular weight excluding hydrogens is 306 g/mol. The largest absolute Gasteiger partial charge is 0.383 e. The molecule has 2 saturated carbocycles. The Hall–Kier alpha value is -0.390. The number of halogens is 1. The van der Waals surface area contributed by atoms with Gasteiger partial charge in [-0.25, -0.2) is 0 Å². The summed E-state index contributed by atoms with van der Waals surface area (Å²) in [4.78, 5) is 0. The van der Waals surface area contributed by atoms with Crippen LogP contribution in [0.2, 0.25) is 0 Å². The van der Waals surface area contributed by atoms with Crippen LogP contribution in [0, 0.1) is 5.92 Å². The first-order chi connectivity index (χ1) is 9.29. The molecule has 2 aliphatic rings. The molecule has 1 N–H and O–H groups in total. The first kappa shape index (κ1) is 13.6. The fourth-order valence-electron chi connectivity index (χ4n) is 2.88. The highest BCUT2D eigenvalue weighted by atomic mass is 79.9. The summed E-state index contributed by atoms with van der Waals surface area (Å²) in [5.41, 5.74) is 1.37. The summed E-state index contributed by atoms with van der Waals surface area (Å²) in [7, 11) is 1.74. The Balaban J connectivity index is 1.64. The Morgan fingerprint density at radius 1 is 1.42 bits per heavy atom. The zero-order valence-electron chi connectivity index (χ0n) is 11.4. The predicted molar refractivity (Wildman–Crippen MR) is 78.3 cm³/mol. The second kappa shape index (κ2) is 5.94. The summed E-state index contributed by atoms with van der Waals surface area (Å²) in [6.45, 7) is 2.73. The molecule has 0 bridgehead atoms. The molecule has 1 aromatic heterocycles. The van der Waals surface area contributed by atoms with Gasteiger partial charge in [-0.2, -0.15) is 5.10 Å². The van der Waals surface area contributed by atoms with E-state index in [9.17, 15) is 0 Å². The first-order valence-electron chi connectivity index (χ1n) is 7.23. The summed E-state index contributed by atoms with van der Waals surface area (Å²) in [6, 6.07) is 0.808. The third-order valence-electron chi connectivity index (χ3n) is 4.36. The lowest BCUT2D eigenvalue weighted by Gasteiger charge is -2.37. The normalized spacial score (nSPS) is 26.4. The number of methoxy groups -OCH3 is 1. The predicted octanol–water partition coefficient (Wildman–Crippen LogP) is 2.54. The van der Waals surface area contributed by atoms with E-state index in [0.717, 1.165) is 36.1 Å². The lowest BCUT2D eigenvalue weighted by molar-refractivity contribution is 0.176. The molecule has 1 aromatic rings. The topological polar surface area (TPSA) is 39.1 Å². The summed E-state index contributed by atoms with van der Waals surface area (Å²) < 4.78 is 8.44. The van der Waals surface area contributed by atoms with Gasteiger partial charge in [0.1, 0.15) is 0 Å². The van der Waals surface area contributed by atoms with E-state index < -0.39 is 0 Å². The van der Waals surface area contributed by atoms with Crippen LogP contribution >= 0.6 is 15.9 Å². The third-order valence-corrected chi connectivity index (χ3v) is 4.97. The highest BCUT2D eigenvalue weighted by Crippen LogP contribution is 2.44. The van der Waals surface area contributed by atoms with Gasteiger partial charge in [-0.15, -0.1) is 0 Å². The van der Waals surface area contributed by atoms with Crippen LogP contribution in [0.5, 0.6) is 0 Å². The molecule has 0 aromatic carbocycles. The molecule has 0 aliphatic heterocycles. The lowest BCUT2D eigenvalue weighted by Crippen LogP contribution is -2.36. The second-order valence-electron chi connectivity index (χ2n) is 5.72. The van der Waals surface area contributed by atoms with Crippen molar-refractivity contribution in [1.82, 2.24) is 15.1 Å². The van der Waals surface area contributed by atoms with Crippen molar-refractivity contribution in [2.75, 3.05) is 20.3 Å². The van der Waals surface area contributed by atoms with E-state index in [4.69, 9.17) is 4.74 Å². The van der Waals surface area contributed by atoms with Gasteiger partial charge >= 0.3 is 0 Å². The number of ether oxygens (including phenoxy) is 1. The molecule has 0 radical (unpaired) electrons. The Morgan fingerprint density at radius 3 is 2.89 bits per heavy atom. The maximum atomic E-state index is 5.17. The maximum Gasteiger partial charge on any atom is 0.0658 e. The number of rotatable bonds is 7. The molecule has 4 nitrogen and oxygen atoms in total. The minimum Gasteiger partial charge on any atom is -0.383 e. The second-order valence-corrected chi connectivity index (χ2v) is 6.57. The molecule has 2 atom stereocenters. The molecule has 2 unspecified atom stereocenters. The van der Waals surface area contributed by atoms with E-state index in [1.807, 2.05) is 6.20 Å². The standard InChI is InChI=1S/C14H22BrN3O/c1-19-7-6-18-14(13(15)9-17-18)12-5-2-10(12)8-16-11-3-4-11/h9-12,16H,2-8H2,1H3. The monoisotopic (exact) mass is 327 g/mol. The van der Waals surface area contributed by atoms with Gasteiger partial charge in [0.25, 0.3) is 0 Å². The van der Waals surface area contributed by atoms with Crippen molar-refractivity contribution in [3.8, 4) is 0 Å². The molecule has 0 spiro atoms. The van der Waals surface area contributed by atoms with Crippen molar-refractivity contribution in [2.45, 2.75) is 44.2 Å². The van der Waals surface area contributed by atoms with Crippen molar-refractivity contribution in [3.63, 3.8) is 0 Å². The number of aromatic nitrogens is 2. The molecule has 0 amide bonds. The van der Waals surface area contributed by atoms with E-state index in [2.05, 4.69) is 31.0 Å². The summed E-state index contributed by atoms with van der Waals surface area (Å²) in [5, 5.41) is 8.13. The Morgan fingerprint density at radius 2 is 2.26 bits per heavy atom. The van der Waals surface area contributed by atoms with Gasteiger partial charge in [-0.3, -0.25) is 4.68 Å². The highest BCUT2D eigenvalue weighted by molar-refractivity contribution is 9.10. The smallest absolute Gasteiger partial charge is 0.0658 e. The zero-order valence-corrected chi connectivity index (χ0v) is 13.0. The first-order valence-corrected chi connectivity index (χ1v) is 8.02. The number of hydrogen-bond acceptors (Lipinski definition) is 3. The quantitative estimate of drug-likeness (QED) is 0.836. The van der Waals surface area contributed by atoms with E-state index >= 15 is 0 Å². The molecule has 106 valence electrons. The van der Waals surface area contributed by atoms with Crippen LogP contribution in [0.1, 0.15) is 37.3 Å². The van der Waals surface area contributed by atoms with Crippen molar-refractivity contribution < 1.29 is 4.74 Å². The molecule has 19 heavy (non-hydrogen) atoms. The molecule has 0 saturated heterocycles. The van der Waals surface area contributed by atoms with Crippen LogP contribution in [-0.4, -0.2) is 36.1 Å². The molecule has 2 fully saturated rings. The Labute approximate surface area is 123 Å². The molecule has 2 aliphatic carbocycles. The number of nitrogens with one attached hydrogen (secondary N) is 1. The zero-order chi connectivity index (χ0) is 13.2. The fraction of sp³-hybridized carbons (Fsp3) is 0.786. The van der Waals surface area contributed by atoms with Gasteiger partial charge in [0, 0.05) is 19.1 Å². The van der Waals surface area contributed by atoms with Crippen LogP contribution in [0.15, 0.2) is 10.7 Å². The SMILES string of the molecule is COCCn1ncc(Br)c1C1CCC1CNC1CC1.